The summed E-state index contributed by atoms with van der Waals surface area (Å²) in [5, 5.41) is 19.7. The molecular weight excluding hydrogens is 352 g/mol. The van der Waals surface area contributed by atoms with Crippen LogP contribution in [0.3, 0.4) is 0 Å². The van der Waals surface area contributed by atoms with E-state index in [1.54, 1.807) is 12.3 Å². The minimum Gasteiger partial charge on any atom is -0.481 e. The maximum atomic E-state index is 11.5. The highest BCUT2D eigenvalue weighted by Crippen LogP contribution is 2.35. The Hall–Kier alpha value is -3.46. The summed E-state index contributed by atoms with van der Waals surface area (Å²) in [6, 6.07) is 15.4. The number of benzene rings is 1. The minimum absolute atomic E-state index is 0.573. The van der Waals surface area contributed by atoms with Gasteiger partial charge in [-0.05, 0) is 44.0 Å². The summed E-state index contributed by atoms with van der Waals surface area (Å²) in [4.78, 5) is 23.0. The second-order valence-electron chi connectivity index (χ2n) is 7.45. The first-order valence-electron chi connectivity index (χ1n) is 9.25. The number of anilines is 1. The van der Waals surface area contributed by atoms with Gasteiger partial charge in [0.15, 0.2) is 0 Å². The first kappa shape index (κ1) is 17.9. The highest BCUT2D eigenvalue weighted by atomic mass is 16.4. The molecular formula is C22H20N4O2. The number of aromatic nitrogens is 2. The molecule has 0 amide bonds. The Bertz CT molecular complexity index is 1100. The molecule has 0 unspecified atom stereocenters. The fourth-order valence-electron chi connectivity index (χ4n) is 3.61. The van der Waals surface area contributed by atoms with Gasteiger partial charge in [0.2, 0.25) is 0 Å². The van der Waals surface area contributed by atoms with Crippen LogP contribution in [0.1, 0.15) is 25.3 Å². The molecule has 0 aliphatic carbocycles. The molecule has 1 N–H and O–H groups in total. The lowest BCUT2D eigenvalue weighted by Crippen LogP contribution is -2.43. The molecule has 2 aromatic heterocycles. The Morgan fingerprint density at radius 2 is 2.00 bits per heavy atom. The van der Waals surface area contributed by atoms with Crippen LogP contribution in [-0.2, 0) is 4.79 Å². The first-order chi connectivity index (χ1) is 13.5. The van der Waals surface area contributed by atoms with E-state index in [0.29, 0.717) is 31.5 Å². The van der Waals surface area contributed by atoms with Gasteiger partial charge in [-0.3, -0.25) is 9.78 Å². The van der Waals surface area contributed by atoms with E-state index in [9.17, 15) is 15.2 Å². The van der Waals surface area contributed by atoms with Crippen molar-refractivity contribution in [1.29, 1.82) is 5.26 Å². The molecule has 0 saturated carbocycles. The highest BCUT2D eigenvalue weighted by molar-refractivity contribution is 5.93. The lowest BCUT2D eigenvalue weighted by molar-refractivity contribution is -0.149. The third kappa shape index (κ3) is 3.16. The van der Waals surface area contributed by atoms with Crippen LogP contribution in [0.2, 0.25) is 0 Å². The van der Waals surface area contributed by atoms with Gasteiger partial charge in [0, 0.05) is 30.2 Å². The van der Waals surface area contributed by atoms with E-state index in [4.69, 9.17) is 4.98 Å². The molecule has 0 bridgehead atoms. The van der Waals surface area contributed by atoms with E-state index < -0.39 is 11.4 Å². The molecule has 0 atom stereocenters. The van der Waals surface area contributed by atoms with Gasteiger partial charge in [-0.1, -0.05) is 18.2 Å². The van der Waals surface area contributed by atoms with E-state index >= 15 is 0 Å². The number of carboxylic acids is 1. The van der Waals surface area contributed by atoms with Crippen LogP contribution < -0.4 is 4.90 Å². The monoisotopic (exact) mass is 372 g/mol. The first-order valence-corrected chi connectivity index (χ1v) is 9.25. The number of nitriles is 1. The molecule has 1 aromatic carbocycles. The number of fused-ring (bicyclic) bond motifs is 1. The summed E-state index contributed by atoms with van der Waals surface area (Å²) in [7, 11) is 0. The summed E-state index contributed by atoms with van der Waals surface area (Å²) in [6.07, 6.45) is 2.89. The Labute approximate surface area is 163 Å². The fourth-order valence-corrected chi connectivity index (χ4v) is 3.61. The number of carbonyl (C=O) groups is 1. The zero-order chi connectivity index (χ0) is 19.7. The highest BCUT2D eigenvalue weighted by Gasteiger charge is 2.37. The molecule has 140 valence electrons. The quantitative estimate of drug-likeness (QED) is 0.751. The Morgan fingerprint density at radius 1 is 1.21 bits per heavy atom. The molecule has 3 aromatic rings. The number of rotatable bonds is 3. The minimum atomic E-state index is -0.739. The molecule has 4 rings (SSSR count). The van der Waals surface area contributed by atoms with E-state index in [0.717, 1.165) is 28.0 Å². The fraction of sp³-hybridized carbons (Fsp3) is 0.273. The number of hydrogen-bond donors (Lipinski definition) is 1. The second kappa shape index (κ2) is 6.93. The molecule has 1 aliphatic heterocycles. The van der Waals surface area contributed by atoms with Crippen molar-refractivity contribution in [2.45, 2.75) is 19.8 Å². The SMILES string of the molecule is CC1(C(=O)O)CCN(c2cc3cccnc3c(-c3cccc(C#N)c3)n2)CC1. The van der Waals surface area contributed by atoms with Gasteiger partial charge < -0.3 is 10.0 Å². The molecule has 0 radical (unpaired) electrons. The molecule has 1 saturated heterocycles. The number of nitrogens with zero attached hydrogens (tertiary/aromatic N) is 4. The molecule has 1 aliphatic rings. The number of piperidine rings is 1. The van der Waals surface area contributed by atoms with Gasteiger partial charge >= 0.3 is 5.97 Å². The van der Waals surface area contributed by atoms with Gasteiger partial charge in [0.25, 0.3) is 0 Å². The number of pyridine rings is 2. The maximum absolute atomic E-state index is 11.5. The largest absolute Gasteiger partial charge is 0.481 e. The number of hydrogen-bond acceptors (Lipinski definition) is 5. The predicted molar refractivity (Wildman–Crippen MR) is 107 cm³/mol. The van der Waals surface area contributed by atoms with Crippen molar-refractivity contribution in [3.05, 3.63) is 54.2 Å². The van der Waals surface area contributed by atoms with Crippen molar-refractivity contribution in [3.8, 4) is 17.3 Å². The summed E-state index contributed by atoms with van der Waals surface area (Å²) in [6.45, 7) is 3.09. The van der Waals surface area contributed by atoms with E-state index in [2.05, 4.69) is 16.0 Å². The van der Waals surface area contributed by atoms with E-state index in [1.807, 2.05) is 43.3 Å². The van der Waals surface area contributed by atoms with Crippen molar-refractivity contribution in [2.24, 2.45) is 5.41 Å². The van der Waals surface area contributed by atoms with Crippen molar-refractivity contribution < 1.29 is 9.90 Å². The van der Waals surface area contributed by atoms with Crippen molar-refractivity contribution >= 4 is 22.7 Å². The molecule has 28 heavy (non-hydrogen) atoms. The predicted octanol–water partition coefficient (Wildman–Crippen LogP) is 3.86. The van der Waals surface area contributed by atoms with Crippen LogP contribution in [0.25, 0.3) is 22.2 Å². The van der Waals surface area contributed by atoms with Crippen molar-refractivity contribution in [2.75, 3.05) is 18.0 Å². The van der Waals surface area contributed by atoms with E-state index in [-0.39, 0.29) is 0 Å². The van der Waals surface area contributed by atoms with Gasteiger partial charge in [0.1, 0.15) is 5.82 Å². The standard InChI is InChI=1S/C22H20N4O2/c1-22(21(27)28)7-10-26(11-8-22)18-13-17-6-3-9-24-19(17)20(25-18)16-5-2-4-15(12-16)14-23/h2-6,9,12-13H,7-8,10-11H2,1H3,(H,27,28). The molecule has 6 heteroatoms. The Kier molecular flexibility index (Phi) is 4.44. The van der Waals surface area contributed by atoms with Crippen LogP contribution in [0.4, 0.5) is 5.82 Å². The van der Waals surface area contributed by atoms with Crippen molar-refractivity contribution in [3.63, 3.8) is 0 Å². The van der Waals surface area contributed by atoms with Gasteiger partial charge in [0.05, 0.1) is 28.3 Å². The number of carboxylic acid groups (broad SMARTS) is 1. The lowest BCUT2D eigenvalue weighted by atomic mass is 9.80. The molecule has 0 spiro atoms. The zero-order valence-electron chi connectivity index (χ0n) is 15.6. The van der Waals surface area contributed by atoms with Crippen LogP contribution in [0, 0.1) is 16.7 Å². The van der Waals surface area contributed by atoms with Gasteiger partial charge in [-0.2, -0.15) is 5.26 Å². The van der Waals surface area contributed by atoms with Crippen LogP contribution in [0.5, 0.6) is 0 Å². The van der Waals surface area contributed by atoms with Crippen LogP contribution in [0.15, 0.2) is 48.7 Å². The average molecular weight is 372 g/mol. The smallest absolute Gasteiger partial charge is 0.309 e. The van der Waals surface area contributed by atoms with Gasteiger partial charge in [-0.15, -0.1) is 0 Å². The lowest BCUT2D eigenvalue weighted by Gasteiger charge is -2.37. The summed E-state index contributed by atoms with van der Waals surface area (Å²) >= 11 is 0. The average Bonchev–Trinajstić information content (AvgIpc) is 2.73. The molecule has 3 heterocycles. The second-order valence-corrected chi connectivity index (χ2v) is 7.45. The summed E-state index contributed by atoms with van der Waals surface area (Å²) in [5.41, 5.74) is 2.25. The van der Waals surface area contributed by atoms with Gasteiger partial charge in [-0.25, -0.2) is 4.98 Å². The summed E-state index contributed by atoms with van der Waals surface area (Å²) in [5.74, 6) is 0.0714. The number of aliphatic carboxylic acids is 1. The molecule has 1 fully saturated rings. The molecule has 6 nitrogen and oxygen atoms in total. The topological polar surface area (TPSA) is 90.1 Å². The third-order valence-corrected chi connectivity index (χ3v) is 5.55. The normalized spacial score (nSPS) is 15.9. The Balaban J connectivity index is 1.77. The third-order valence-electron chi connectivity index (χ3n) is 5.55. The van der Waals surface area contributed by atoms with Crippen LogP contribution >= 0.6 is 0 Å². The summed E-state index contributed by atoms with van der Waals surface area (Å²) < 4.78 is 0. The Morgan fingerprint density at radius 3 is 2.71 bits per heavy atom. The maximum Gasteiger partial charge on any atom is 0.309 e. The van der Waals surface area contributed by atoms with Crippen molar-refractivity contribution in [1.82, 2.24) is 9.97 Å². The van der Waals surface area contributed by atoms with Crippen LogP contribution in [-0.4, -0.2) is 34.1 Å². The van der Waals surface area contributed by atoms with E-state index in [1.165, 1.54) is 0 Å². The zero-order valence-corrected chi connectivity index (χ0v) is 15.6.